The minimum absolute atomic E-state index is 0.0464. The van der Waals surface area contributed by atoms with Gasteiger partial charge in [-0.15, -0.1) is 0 Å². The van der Waals surface area contributed by atoms with Crippen LogP contribution in [-0.4, -0.2) is 42.8 Å². The Balaban J connectivity index is 1.57. The number of carbonyl (C=O) groups excluding carboxylic acids is 1. The summed E-state index contributed by atoms with van der Waals surface area (Å²) >= 11 is 0. The van der Waals surface area contributed by atoms with Crippen LogP contribution in [0.4, 0.5) is 0 Å². The number of aliphatic hydroxyl groups is 1. The monoisotopic (exact) mass is 620 g/mol. The Hall–Kier alpha value is -5.35. The predicted molar refractivity (Wildman–Crippen MR) is 174 cm³/mol. The van der Waals surface area contributed by atoms with Gasteiger partial charge in [0, 0.05) is 36.5 Å². The van der Waals surface area contributed by atoms with E-state index in [-0.39, 0.29) is 19.6 Å². The molecule has 0 radical (unpaired) electrons. The van der Waals surface area contributed by atoms with Crippen molar-refractivity contribution in [2.75, 3.05) is 20.3 Å². The number of azide groups is 1. The summed E-state index contributed by atoms with van der Waals surface area (Å²) in [5, 5.41) is 12.9. The molecule has 0 unspecified atom stereocenters. The van der Waals surface area contributed by atoms with Gasteiger partial charge in [0.05, 0.1) is 20.3 Å². The molecule has 3 N–H and O–H groups in total. The number of aliphatic hydroxyl groups excluding tert-OH is 1. The maximum atomic E-state index is 14.5. The van der Waals surface area contributed by atoms with E-state index in [9.17, 15) is 4.79 Å². The number of aliphatic imine (C=N–C) groups is 1. The van der Waals surface area contributed by atoms with Crippen molar-refractivity contribution in [3.05, 3.63) is 141 Å². The summed E-state index contributed by atoms with van der Waals surface area (Å²) in [7, 11) is 1.58. The molecule has 0 spiro atoms. The van der Waals surface area contributed by atoms with Crippen LogP contribution < -0.4 is 20.3 Å². The second kappa shape index (κ2) is 15.6. The van der Waals surface area contributed by atoms with Crippen LogP contribution in [0, 0.1) is 0 Å². The second-order valence-corrected chi connectivity index (χ2v) is 10.7. The van der Waals surface area contributed by atoms with Crippen molar-refractivity contribution in [2.45, 2.75) is 37.6 Å². The zero-order valence-corrected chi connectivity index (χ0v) is 25.5. The third-order valence-electron chi connectivity index (χ3n) is 7.65. The van der Waals surface area contributed by atoms with Crippen molar-refractivity contribution < 1.29 is 24.1 Å². The van der Waals surface area contributed by atoms with E-state index >= 15 is 0 Å². The van der Waals surface area contributed by atoms with Gasteiger partial charge >= 0.3 is 0 Å². The molecule has 11 nitrogen and oxygen atoms in total. The minimum Gasteiger partial charge on any atom is -0.497 e. The van der Waals surface area contributed by atoms with Gasteiger partial charge in [0.2, 0.25) is 5.90 Å². The number of carbonyl (C=O) groups is 1. The molecule has 0 saturated carbocycles. The molecule has 236 valence electrons. The van der Waals surface area contributed by atoms with E-state index in [2.05, 4.69) is 20.9 Å². The van der Waals surface area contributed by atoms with E-state index in [1.54, 1.807) is 19.2 Å². The molecule has 1 heterocycles. The molecule has 2 atom stereocenters. The van der Waals surface area contributed by atoms with E-state index in [0.29, 0.717) is 48.1 Å². The maximum absolute atomic E-state index is 14.5. The third kappa shape index (κ3) is 7.65. The molecule has 0 aliphatic carbocycles. The summed E-state index contributed by atoms with van der Waals surface area (Å²) in [6.07, 6.45) is -0.169. The highest BCUT2D eigenvalue weighted by Gasteiger charge is 2.53. The zero-order chi connectivity index (χ0) is 32.2. The van der Waals surface area contributed by atoms with Crippen LogP contribution in [0.5, 0.6) is 11.5 Å². The molecule has 1 aliphatic rings. The van der Waals surface area contributed by atoms with Gasteiger partial charge in [0.25, 0.3) is 5.91 Å². The Bertz CT molecular complexity index is 1690. The Kier molecular flexibility index (Phi) is 10.9. The van der Waals surface area contributed by atoms with Gasteiger partial charge in [0.1, 0.15) is 11.5 Å². The standard InChI is InChI=1S/C35H36N6O5/c1-44-31-14-7-13-27(21-31)32-35(22-28-11-5-6-12-29(28)24-38-41-36,34(43)40-37-23-25-9-3-2-4-10-25)39-33(46-32)26-15-17-30(18-16-26)45-20-8-19-42/h2-7,9-18,21,32,37,42H,8,19-20,22-24H2,1H3,(H,40,43)/t32-,35-/m0/s1. The normalized spacial score (nSPS) is 16.9. The van der Waals surface area contributed by atoms with Crippen molar-refractivity contribution >= 4 is 11.8 Å². The summed E-state index contributed by atoms with van der Waals surface area (Å²) in [5.41, 5.74) is 17.5. The topological polar surface area (TPSA) is 150 Å². The number of nitrogens with one attached hydrogen (secondary N) is 2. The first-order valence-corrected chi connectivity index (χ1v) is 15.0. The number of ether oxygens (including phenoxy) is 3. The Morgan fingerprint density at radius 3 is 2.50 bits per heavy atom. The molecular weight excluding hydrogens is 584 g/mol. The Morgan fingerprint density at radius 2 is 1.76 bits per heavy atom. The van der Waals surface area contributed by atoms with Crippen LogP contribution in [-0.2, 0) is 29.0 Å². The SMILES string of the molecule is COc1cccc([C@@H]2OC(c3ccc(OCCCO)cc3)=N[C@]2(Cc2ccccc2CN=[N+]=[N-])C(=O)NNCc2ccccc2)c1. The van der Waals surface area contributed by atoms with E-state index in [1.165, 1.54) is 0 Å². The maximum Gasteiger partial charge on any atom is 0.266 e. The molecule has 0 fully saturated rings. The van der Waals surface area contributed by atoms with Crippen LogP contribution in [0.1, 0.15) is 40.3 Å². The lowest BCUT2D eigenvalue weighted by Gasteiger charge is -2.31. The molecule has 4 aromatic carbocycles. The summed E-state index contributed by atoms with van der Waals surface area (Å²) in [4.78, 5) is 22.5. The predicted octanol–water partition coefficient (Wildman–Crippen LogP) is 5.59. The van der Waals surface area contributed by atoms with Crippen LogP contribution in [0.25, 0.3) is 10.4 Å². The minimum atomic E-state index is -1.48. The van der Waals surface area contributed by atoms with Crippen molar-refractivity contribution in [3.8, 4) is 11.5 Å². The molecule has 11 heteroatoms. The first kappa shape index (κ1) is 32.1. The van der Waals surface area contributed by atoms with Crippen molar-refractivity contribution in [2.24, 2.45) is 10.1 Å². The number of methoxy groups -OCH3 is 1. The summed E-state index contributed by atoms with van der Waals surface area (Å²) in [6.45, 7) is 0.954. The second-order valence-electron chi connectivity index (χ2n) is 10.7. The van der Waals surface area contributed by atoms with Gasteiger partial charge < -0.3 is 19.3 Å². The van der Waals surface area contributed by atoms with Gasteiger partial charge in [-0.1, -0.05) is 71.8 Å². The molecule has 0 saturated heterocycles. The van der Waals surface area contributed by atoms with Crippen LogP contribution in [0.3, 0.4) is 0 Å². The van der Waals surface area contributed by atoms with Gasteiger partial charge in [-0.25, -0.2) is 10.4 Å². The molecule has 46 heavy (non-hydrogen) atoms. The fourth-order valence-electron chi connectivity index (χ4n) is 5.30. The number of hydrogen-bond acceptors (Lipinski definition) is 8. The van der Waals surface area contributed by atoms with Gasteiger partial charge in [-0.2, -0.15) is 0 Å². The first-order chi connectivity index (χ1) is 22.6. The number of benzene rings is 4. The van der Waals surface area contributed by atoms with Crippen molar-refractivity contribution in [1.82, 2.24) is 10.9 Å². The summed E-state index contributed by atoms with van der Waals surface area (Å²) in [6, 6.07) is 31.9. The fraction of sp³-hybridized carbons (Fsp3) is 0.257. The molecule has 0 aromatic heterocycles. The smallest absolute Gasteiger partial charge is 0.266 e. The van der Waals surface area contributed by atoms with Crippen LogP contribution in [0.15, 0.2) is 113 Å². The average molecular weight is 621 g/mol. The van der Waals surface area contributed by atoms with E-state index in [1.807, 2.05) is 91.0 Å². The Morgan fingerprint density at radius 1 is 1.00 bits per heavy atom. The van der Waals surface area contributed by atoms with Crippen molar-refractivity contribution in [1.29, 1.82) is 0 Å². The lowest BCUT2D eigenvalue weighted by Crippen LogP contribution is -2.53. The van der Waals surface area contributed by atoms with Gasteiger partial charge in [-0.3, -0.25) is 10.2 Å². The van der Waals surface area contributed by atoms with Gasteiger partial charge in [0.15, 0.2) is 11.6 Å². The highest BCUT2D eigenvalue weighted by molar-refractivity contribution is 6.01. The van der Waals surface area contributed by atoms with Crippen LogP contribution in [0.2, 0.25) is 0 Å². The molecular formula is C35H36N6O5. The lowest BCUT2D eigenvalue weighted by atomic mass is 9.81. The highest BCUT2D eigenvalue weighted by Crippen LogP contribution is 2.43. The number of amides is 1. The molecule has 0 bridgehead atoms. The summed E-state index contributed by atoms with van der Waals surface area (Å²) in [5.74, 6) is 1.15. The molecule has 1 amide bonds. The molecule has 1 aliphatic heterocycles. The van der Waals surface area contributed by atoms with Crippen molar-refractivity contribution in [3.63, 3.8) is 0 Å². The van der Waals surface area contributed by atoms with Crippen LogP contribution >= 0.6 is 0 Å². The lowest BCUT2D eigenvalue weighted by molar-refractivity contribution is -0.130. The first-order valence-electron chi connectivity index (χ1n) is 15.0. The molecule has 5 rings (SSSR count). The Labute approximate surface area is 267 Å². The van der Waals surface area contributed by atoms with E-state index < -0.39 is 17.6 Å². The molecule has 4 aromatic rings. The largest absolute Gasteiger partial charge is 0.497 e. The average Bonchev–Trinajstić information content (AvgIpc) is 3.49. The fourth-order valence-corrected chi connectivity index (χ4v) is 5.30. The summed E-state index contributed by atoms with van der Waals surface area (Å²) < 4.78 is 17.8. The number of hydrazine groups is 1. The van der Waals surface area contributed by atoms with E-state index in [4.69, 9.17) is 29.8 Å². The number of rotatable bonds is 15. The zero-order valence-electron chi connectivity index (χ0n) is 25.5. The number of nitrogens with zero attached hydrogens (tertiary/aromatic N) is 4. The highest BCUT2D eigenvalue weighted by atomic mass is 16.5. The van der Waals surface area contributed by atoms with Gasteiger partial charge in [-0.05, 0) is 64.2 Å². The van der Waals surface area contributed by atoms with E-state index in [0.717, 1.165) is 16.7 Å². The third-order valence-corrected chi connectivity index (χ3v) is 7.65. The number of hydrogen-bond donors (Lipinski definition) is 3. The quantitative estimate of drug-likeness (QED) is 0.0519.